The zero-order valence-electron chi connectivity index (χ0n) is 14.0. The summed E-state index contributed by atoms with van der Waals surface area (Å²) >= 11 is 0. The molecule has 1 amide bonds. The highest BCUT2D eigenvalue weighted by Gasteiger charge is 2.23. The summed E-state index contributed by atoms with van der Waals surface area (Å²) in [6.07, 6.45) is 0. The molecule has 3 rings (SSSR count). The maximum atomic E-state index is 13.8. The summed E-state index contributed by atoms with van der Waals surface area (Å²) in [5.41, 5.74) is 0.959. The van der Waals surface area contributed by atoms with E-state index in [2.05, 4.69) is 4.90 Å². The number of rotatable bonds is 4. The van der Waals surface area contributed by atoms with Crippen molar-refractivity contribution >= 4 is 5.91 Å². The first-order valence-electron chi connectivity index (χ1n) is 8.17. The molecule has 0 atom stereocenters. The zero-order chi connectivity index (χ0) is 17.8. The highest BCUT2D eigenvalue weighted by atomic mass is 19.1. The van der Waals surface area contributed by atoms with Crippen LogP contribution in [-0.4, -0.2) is 49.0 Å². The molecule has 0 saturated carbocycles. The predicted molar refractivity (Wildman–Crippen MR) is 90.5 cm³/mol. The van der Waals surface area contributed by atoms with E-state index in [9.17, 15) is 13.6 Å². The van der Waals surface area contributed by atoms with Crippen molar-refractivity contribution in [2.24, 2.45) is 0 Å². The Hall–Kier alpha value is -2.47. The van der Waals surface area contributed by atoms with E-state index in [1.165, 1.54) is 25.3 Å². The fourth-order valence-electron chi connectivity index (χ4n) is 2.96. The molecule has 1 aliphatic heterocycles. The molecule has 4 nitrogen and oxygen atoms in total. The molecule has 132 valence electrons. The smallest absolute Gasteiger partial charge is 0.254 e. The van der Waals surface area contributed by atoms with Gasteiger partial charge in [0.25, 0.3) is 5.91 Å². The van der Waals surface area contributed by atoms with Crippen molar-refractivity contribution < 1.29 is 18.3 Å². The number of hydrogen-bond acceptors (Lipinski definition) is 3. The summed E-state index contributed by atoms with van der Waals surface area (Å²) in [5, 5.41) is 0. The van der Waals surface area contributed by atoms with Crippen LogP contribution in [0.5, 0.6) is 5.75 Å². The number of benzene rings is 2. The average Bonchev–Trinajstić information content (AvgIpc) is 2.63. The molecule has 0 aliphatic carbocycles. The summed E-state index contributed by atoms with van der Waals surface area (Å²) in [4.78, 5) is 16.3. The second-order valence-corrected chi connectivity index (χ2v) is 6.01. The third-order valence-electron chi connectivity index (χ3n) is 4.41. The van der Waals surface area contributed by atoms with Crippen LogP contribution >= 0.6 is 0 Å². The van der Waals surface area contributed by atoms with Gasteiger partial charge in [-0.3, -0.25) is 9.69 Å². The number of piperazine rings is 1. The summed E-state index contributed by atoms with van der Waals surface area (Å²) in [7, 11) is 1.38. The molecule has 2 aromatic carbocycles. The van der Waals surface area contributed by atoms with E-state index in [0.717, 1.165) is 0 Å². The Labute approximate surface area is 145 Å². The number of amides is 1. The van der Waals surface area contributed by atoms with Crippen molar-refractivity contribution in [2.75, 3.05) is 33.3 Å². The fraction of sp³-hybridized carbons (Fsp3) is 0.316. The molecule has 0 radical (unpaired) electrons. The van der Waals surface area contributed by atoms with Gasteiger partial charge in [-0.15, -0.1) is 0 Å². The van der Waals surface area contributed by atoms with Gasteiger partial charge in [0.1, 0.15) is 5.82 Å². The van der Waals surface area contributed by atoms with E-state index in [0.29, 0.717) is 43.9 Å². The van der Waals surface area contributed by atoms with Crippen molar-refractivity contribution in [3.63, 3.8) is 0 Å². The lowest BCUT2D eigenvalue weighted by Crippen LogP contribution is -2.48. The van der Waals surface area contributed by atoms with E-state index in [4.69, 9.17) is 4.74 Å². The van der Waals surface area contributed by atoms with Crippen LogP contribution in [0.3, 0.4) is 0 Å². The summed E-state index contributed by atoms with van der Waals surface area (Å²) in [5.74, 6) is -0.848. The quantitative estimate of drug-likeness (QED) is 0.853. The highest BCUT2D eigenvalue weighted by Crippen LogP contribution is 2.19. The maximum Gasteiger partial charge on any atom is 0.254 e. The van der Waals surface area contributed by atoms with Crippen molar-refractivity contribution in [1.29, 1.82) is 0 Å². The van der Waals surface area contributed by atoms with Crippen molar-refractivity contribution in [3.8, 4) is 5.75 Å². The summed E-state index contributed by atoms with van der Waals surface area (Å²) in [6.45, 7) is 2.88. The van der Waals surface area contributed by atoms with E-state index >= 15 is 0 Å². The van der Waals surface area contributed by atoms with Gasteiger partial charge >= 0.3 is 0 Å². The number of methoxy groups -OCH3 is 1. The Morgan fingerprint density at radius 3 is 2.40 bits per heavy atom. The van der Waals surface area contributed by atoms with Crippen LogP contribution in [0.2, 0.25) is 0 Å². The largest absolute Gasteiger partial charge is 0.494 e. The Balaban J connectivity index is 1.59. The number of carbonyl (C=O) groups is 1. The van der Waals surface area contributed by atoms with Gasteiger partial charge in [-0.2, -0.15) is 0 Å². The van der Waals surface area contributed by atoms with E-state index in [1.54, 1.807) is 23.1 Å². The first kappa shape index (κ1) is 17.4. The Bertz CT molecular complexity index is 759. The second kappa shape index (κ2) is 7.61. The van der Waals surface area contributed by atoms with Gasteiger partial charge in [0.15, 0.2) is 11.6 Å². The molecule has 1 saturated heterocycles. The number of nitrogens with zero attached hydrogens (tertiary/aromatic N) is 2. The molecule has 6 heteroatoms. The van der Waals surface area contributed by atoms with E-state index < -0.39 is 5.82 Å². The molecule has 1 heterocycles. The zero-order valence-corrected chi connectivity index (χ0v) is 14.0. The Morgan fingerprint density at radius 1 is 1.04 bits per heavy atom. The number of halogens is 2. The SMILES string of the molecule is COc1ccc(C(=O)N2CCN(Cc3ccccc3F)CC2)cc1F. The minimum atomic E-state index is -0.550. The molecule has 1 aliphatic rings. The minimum Gasteiger partial charge on any atom is -0.494 e. The lowest BCUT2D eigenvalue weighted by Gasteiger charge is -2.34. The molecule has 25 heavy (non-hydrogen) atoms. The minimum absolute atomic E-state index is 0.117. The van der Waals surface area contributed by atoms with E-state index in [1.807, 2.05) is 6.07 Å². The molecule has 0 unspecified atom stereocenters. The molecule has 0 aromatic heterocycles. The molecule has 1 fully saturated rings. The van der Waals surface area contributed by atoms with Crippen LogP contribution in [0.1, 0.15) is 15.9 Å². The highest BCUT2D eigenvalue weighted by molar-refractivity contribution is 5.94. The predicted octanol–water partition coefficient (Wildman–Crippen LogP) is 2.93. The third-order valence-corrected chi connectivity index (χ3v) is 4.41. The first-order valence-corrected chi connectivity index (χ1v) is 8.17. The number of hydrogen-bond donors (Lipinski definition) is 0. The summed E-state index contributed by atoms with van der Waals surface area (Å²) in [6, 6.07) is 10.9. The van der Waals surface area contributed by atoms with Gasteiger partial charge in [0.05, 0.1) is 7.11 Å². The van der Waals surface area contributed by atoms with Gasteiger partial charge in [0, 0.05) is 43.9 Å². The normalized spacial score (nSPS) is 15.2. The van der Waals surface area contributed by atoms with Gasteiger partial charge in [-0.05, 0) is 24.3 Å². The molecular formula is C19H20F2N2O2. The number of ether oxygens (including phenoxy) is 1. The van der Waals surface area contributed by atoms with Gasteiger partial charge < -0.3 is 9.64 Å². The molecule has 2 aromatic rings. The molecule has 0 bridgehead atoms. The van der Waals surface area contributed by atoms with Gasteiger partial charge in [0.2, 0.25) is 0 Å². The molecule has 0 spiro atoms. The summed E-state index contributed by atoms with van der Waals surface area (Å²) < 4.78 is 32.4. The van der Waals surface area contributed by atoms with Crippen molar-refractivity contribution in [3.05, 3.63) is 65.2 Å². The van der Waals surface area contributed by atoms with Gasteiger partial charge in [-0.1, -0.05) is 18.2 Å². The number of carbonyl (C=O) groups excluding carboxylic acids is 1. The van der Waals surface area contributed by atoms with Crippen LogP contribution in [0, 0.1) is 11.6 Å². The van der Waals surface area contributed by atoms with E-state index in [-0.39, 0.29) is 17.5 Å². The van der Waals surface area contributed by atoms with Crippen LogP contribution < -0.4 is 4.74 Å². The molecular weight excluding hydrogens is 326 g/mol. The van der Waals surface area contributed by atoms with Crippen LogP contribution in [0.25, 0.3) is 0 Å². The Kier molecular flexibility index (Phi) is 5.28. The van der Waals surface area contributed by atoms with Crippen LogP contribution in [0.4, 0.5) is 8.78 Å². The lowest BCUT2D eigenvalue weighted by atomic mass is 10.1. The second-order valence-electron chi connectivity index (χ2n) is 6.01. The third kappa shape index (κ3) is 3.96. The standard InChI is InChI=1S/C19H20F2N2O2/c1-25-18-7-6-14(12-17(18)21)19(24)23-10-8-22(9-11-23)13-15-4-2-3-5-16(15)20/h2-7,12H,8-11,13H2,1H3. The van der Waals surface area contributed by atoms with Crippen LogP contribution in [-0.2, 0) is 6.54 Å². The Morgan fingerprint density at radius 2 is 1.76 bits per heavy atom. The van der Waals surface area contributed by atoms with Crippen molar-refractivity contribution in [2.45, 2.75) is 6.54 Å². The maximum absolute atomic E-state index is 13.8. The average molecular weight is 346 g/mol. The lowest BCUT2D eigenvalue weighted by molar-refractivity contribution is 0.0626. The fourth-order valence-corrected chi connectivity index (χ4v) is 2.96. The van der Waals surface area contributed by atoms with Crippen LogP contribution in [0.15, 0.2) is 42.5 Å². The molecule has 0 N–H and O–H groups in total. The topological polar surface area (TPSA) is 32.8 Å². The van der Waals surface area contributed by atoms with Crippen molar-refractivity contribution in [1.82, 2.24) is 9.80 Å². The monoisotopic (exact) mass is 346 g/mol. The van der Waals surface area contributed by atoms with Gasteiger partial charge in [-0.25, -0.2) is 8.78 Å². The first-order chi connectivity index (χ1) is 12.1.